The maximum absolute atomic E-state index is 11.6. The van der Waals surface area contributed by atoms with Crippen LogP contribution in [-0.2, 0) is 20.5 Å². The van der Waals surface area contributed by atoms with Crippen LogP contribution >= 0.6 is 11.8 Å². The molecular weight excluding hydrogens is 188 g/mol. The van der Waals surface area contributed by atoms with Gasteiger partial charge in [-0.2, -0.15) is 0 Å². The summed E-state index contributed by atoms with van der Waals surface area (Å²) in [5, 5.41) is 0. The molecule has 0 unspecified atom stereocenters. The molecule has 1 aliphatic rings. The van der Waals surface area contributed by atoms with E-state index in [4.69, 9.17) is 0 Å². The van der Waals surface area contributed by atoms with Crippen LogP contribution in [0.25, 0.3) is 0 Å². The lowest BCUT2D eigenvalue weighted by Crippen LogP contribution is -2.38. The van der Waals surface area contributed by atoms with Gasteiger partial charge in [-0.1, -0.05) is 0 Å². The van der Waals surface area contributed by atoms with Crippen LogP contribution < -0.4 is 11.2 Å². The molecule has 0 saturated carbocycles. The van der Waals surface area contributed by atoms with E-state index >= 15 is 0 Å². The molecule has 1 aliphatic heterocycles. The van der Waals surface area contributed by atoms with Crippen LogP contribution in [0.1, 0.15) is 5.69 Å². The van der Waals surface area contributed by atoms with E-state index in [1.165, 1.54) is 18.8 Å². The van der Waals surface area contributed by atoms with Crippen LogP contribution in [0, 0.1) is 0 Å². The first-order valence-electron chi connectivity index (χ1n) is 4.04. The number of rotatable bonds is 0. The minimum absolute atomic E-state index is 0.152. The van der Waals surface area contributed by atoms with Crippen molar-refractivity contribution in [3.8, 4) is 0 Å². The van der Waals surface area contributed by atoms with Gasteiger partial charge in [-0.05, 0) is 6.42 Å². The largest absolute Gasteiger partial charge is 0.330 e. The number of fused-ring (bicyclic) bond motifs is 1. The molecule has 0 radical (unpaired) electrons. The van der Waals surface area contributed by atoms with Crippen molar-refractivity contribution in [1.82, 2.24) is 9.13 Å². The molecular formula is C8H10N2O2S. The first-order chi connectivity index (χ1) is 6.13. The molecule has 0 N–H and O–H groups in total. The molecule has 0 spiro atoms. The van der Waals surface area contributed by atoms with Gasteiger partial charge < -0.3 is 0 Å². The maximum atomic E-state index is 11.6. The summed E-state index contributed by atoms with van der Waals surface area (Å²) in [7, 11) is 3.23. The monoisotopic (exact) mass is 198 g/mol. The van der Waals surface area contributed by atoms with Gasteiger partial charge in [0.2, 0.25) is 0 Å². The minimum atomic E-state index is -0.230. The molecule has 0 fully saturated rings. The van der Waals surface area contributed by atoms with Crippen molar-refractivity contribution in [2.24, 2.45) is 14.1 Å². The van der Waals surface area contributed by atoms with Gasteiger partial charge in [-0.15, -0.1) is 11.8 Å². The first kappa shape index (κ1) is 8.62. The normalized spacial score (nSPS) is 14.6. The van der Waals surface area contributed by atoms with E-state index < -0.39 is 0 Å². The van der Waals surface area contributed by atoms with Crippen LogP contribution in [0.15, 0.2) is 14.5 Å². The van der Waals surface area contributed by atoms with E-state index in [-0.39, 0.29) is 11.2 Å². The Morgan fingerprint density at radius 1 is 1.23 bits per heavy atom. The Morgan fingerprint density at radius 2 is 1.92 bits per heavy atom. The molecule has 1 aromatic heterocycles. The summed E-state index contributed by atoms with van der Waals surface area (Å²) in [6.45, 7) is 0. The van der Waals surface area contributed by atoms with Gasteiger partial charge in [0, 0.05) is 25.5 Å². The molecule has 4 nitrogen and oxygen atoms in total. The summed E-state index contributed by atoms with van der Waals surface area (Å²) in [6, 6.07) is 0. The second kappa shape index (κ2) is 2.77. The quantitative estimate of drug-likeness (QED) is 0.576. The molecule has 0 amide bonds. The highest BCUT2D eigenvalue weighted by Gasteiger charge is 2.20. The van der Waals surface area contributed by atoms with E-state index in [0.29, 0.717) is 0 Å². The molecule has 2 rings (SSSR count). The Bertz CT molecular complexity index is 472. The number of hydrogen-bond donors (Lipinski definition) is 0. The van der Waals surface area contributed by atoms with Crippen molar-refractivity contribution in [3.05, 3.63) is 26.5 Å². The Kier molecular flexibility index (Phi) is 1.83. The molecule has 5 heteroatoms. The number of nitrogens with zero attached hydrogens (tertiary/aromatic N) is 2. The summed E-state index contributed by atoms with van der Waals surface area (Å²) >= 11 is 1.54. The second-order valence-corrected chi connectivity index (χ2v) is 4.19. The smallest absolute Gasteiger partial charge is 0.299 e. The fourth-order valence-corrected chi connectivity index (χ4v) is 2.70. The number of hydrogen-bond acceptors (Lipinski definition) is 3. The summed E-state index contributed by atoms with van der Waals surface area (Å²) < 4.78 is 2.73. The predicted molar refractivity (Wildman–Crippen MR) is 51.4 cm³/mol. The zero-order chi connectivity index (χ0) is 9.59. The average molecular weight is 198 g/mol. The van der Waals surface area contributed by atoms with E-state index in [1.807, 2.05) is 0 Å². The van der Waals surface area contributed by atoms with Crippen molar-refractivity contribution in [1.29, 1.82) is 0 Å². The molecule has 0 aliphatic carbocycles. The highest BCUT2D eigenvalue weighted by Crippen LogP contribution is 2.25. The maximum Gasteiger partial charge on any atom is 0.330 e. The molecule has 70 valence electrons. The second-order valence-electron chi connectivity index (χ2n) is 3.08. The molecule has 0 aromatic carbocycles. The van der Waals surface area contributed by atoms with Gasteiger partial charge in [0.15, 0.2) is 0 Å². The van der Waals surface area contributed by atoms with E-state index in [0.717, 1.165) is 27.3 Å². The zero-order valence-corrected chi connectivity index (χ0v) is 8.35. The van der Waals surface area contributed by atoms with Crippen molar-refractivity contribution >= 4 is 11.8 Å². The van der Waals surface area contributed by atoms with Gasteiger partial charge in [0.25, 0.3) is 5.56 Å². The van der Waals surface area contributed by atoms with Crippen LogP contribution in [-0.4, -0.2) is 14.9 Å². The van der Waals surface area contributed by atoms with Gasteiger partial charge in [0.05, 0.1) is 4.90 Å². The Hall–Kier alpha value is -0.970. The fraction of sp³-hybridized carbons (Fsp3) is 0.500. The molecule has 1 aromatic rings. The average Bonchev–Trinajstić information content (AvgIpc) is 2.59. The lowest BCUT2D eigenvalue weighted by atomic mass is 10.3. The van der Waals surface area contributed by atoms with Gasteiger partial charge in [0.1, 0.15) is 0 Å². The standard InChI is InChI=1S/C8H10N2O2S/c1-9-5-3-4-13-6(5)7(11)10(2)8(9)12/h3-4H2,1-2H3. The number of thioether (sulfide) groups is 1. The van der Waals surface area contributed by atoms with Crippen molar-refractivity contribution in [2.45, 2.75) is 11.3 Å². The summed E-state index contributed by atoms with van der Waals surface area (Å²) in [4.78, 5) is 23.8. The van der Waals surface area contributed by atoms with Crippen molar-refractivity contribution in [2.75, 3.05) is 5.75 Å². The van der Waals surface area contributed by atoms with E-state index in [1.54, 1.807) is 11.6 Å². The first-order valence-corrected chi connectivity index (χ1v) is 5.03. The third-order valence-corrected chi connectivity index (χ3v) is 3.43. The summed E-state index contributed by atoms with van der Waals surface area (Å²) in [5.74, 6) is 0.905. The highest BCUT2D eigenvalue weighted by molar-refractivity contribution is 7.99. The Labute approximate surface area is 79.2 Å². The van der Waals surface area contributed by atoms with Crippen molar-refractivity contribution < 1.29 is 0 Å². The topological polar surface area (TPSA) is 44.0 Å². The zero-order valence-electron chi connectivity index (χ0n) is 7.53. The third kappa shape index (κ3) is 1.07. The molecule has 2 heterocycles. The van der Waals surface area contributed by atoms with Gasteiger partial charge in [-0.25, -0.2) is 4.79 Å². The molecule has 13 heavy (non-hydrogen) atoms. The molecule has 0 saturated heterocycles. The van der Waals surface area contributed by atoms with Gasteiger partial charge in [-0.3, -0.25) is 13.9 Å². The minimum Gasteiger partial charge on any atom is -0.299 e. The predicted octanol–water partition coefficient (Wildman–Crippen LogP) is -0.268. The summed E-state index contributed by atoms with van der Waals surface area (Å²) in [6.07, 6.45) is 0.821. The van der Waals surface area contributed by atoms with Gasteiger partial charge >= 0.3 is 5.69 Å². The van der Waals surface area contributed by atoms with Crippen LogP contribution in [0.3, 0.4) is 0 Å². The number of aromatic nitrogens is 2. The van der Waals surface area contributed by atoms with E-state index in [9.17, 15) is 9.59 Å². The van der Waals surface area contributed by atoms with E-state index in [2.05, 4.69) is 0 Å². The lowest BCUT2D eigenvalue weighted by Gasteiger charge is -2.06. The molecule has 0 atom stereocenters. The fourth-order valence-electron chi connectivity index (χ4n) is 1.53. The summed E-state index contributed by atoms with van der Waals surface area (Å²) in [5.41, 5.74) is 0.505. The Morgan fingerprint density at radius 3 is 2.62 bits per heavy atom. The lowest BCUT2D eigenvalue weighted by molar-refractivity contribution is 0.634. The highest BCUT2D eigenvalue weighted by atomic mass is 32.2. The van der Waals surface area contributed by atoms with Crippen LogP contribution in [0.4, 0.5) is 0 Å². The van der Waals surface area contributed by atoms with Crippen molar-refractivity contribution in [3.63, 3.8) is 0 Å². The van der Waals surface area contributed by atoms with Crippen LogP contribution in [0.5, 0.6) is 0 Å². The Balaban J connectivity index is 2.93. The SMILES string of the molecule is Cn1c2c(c(=O)n(C)c1=O)SCC2. The van der Waals surface area contributed by atoms with Crippen LogP contribution in [0.2, 0.25) is 0 Å². The third-order valence-electron chi connectivity index (χ3n) is 2.32. The molecule has 0 bridgehead atoms.